The Morgan fingerprint density at radius 3 is 2.52 bits per heavy atom. The third-order valence-electron chi connectivity index (χ3n) is 5.44. The van der Waals surface area contributed by atoms with Crippen LogP contribution in [0.3, 0.4) is 0 Å². The van der Waals surface area contributed by atoms with Crippen LogP contribution in [0.15, 0.2) is 4.99 Å². The Hall–Kier alpha value is -1.30. The minimum Gasteiger partial charge on any atom is -0.356 e. The third kappa shape index (κ3) is 7.63. The predicted molar refractivity (Wildman–Crippen MR) is 104 cm³/mol. The van der Waals surface area contributed by atoms with Crippen molar-refractivity contribution in [1.29, 1.82) is 0 Å². The summed E-state index contributed by atoms with van der Waals surface area (Å²) < 4.78 is 0. The Bertz CT molecular complexity index is 420. The van der Waals surface area contributed by atoms with E-state index in [-0.39, 0.29) is 5.91 Å². The van der Waals surface area contributed by atoms with Gasteiger partial charge in [0, 0.05) is 45.2 Å². The lowest BCUT2D eigenvalue weighted by Gasteiger charge is -2.33. The fourth-order valence-corrected chi connectivity index (χ4v) is 3.86. The molecule has 2 aliphatic rings. The quantitative estimate of drug-likeness (QED) is 0.355. The fourth-order valence-electron chi connectivity index (χ4n) is 3.86. The van der Waals surface area contributed by atoms with Crippen molar-refractivity contribution in [1.82, 2.24) is 20.9 Å². The number of aliphatic imine (C=N–C) groups is 1. The van der Waals surface area contributed by atoms with Gasteiger partial charge in [-0.25, -0.2) is 0 Å². The number of carbonyl (C=O) groups excluding carboxylic acids is 1. The van der Waals surface area contributed by atoms with E-state index in [0.717, 1.165) is 44.4 Å². The maximum Gasteiger partial charge on any atom is 0.221 e. The first-order valence-electron chi connectivity index (χ1n) is 10.2. The minimum absolute atomic E-state index is 0.147. The highest BCUT2D eigenvalue weighted by Crippen LogP contribution is 2.17. The highest BCUT2D eigenvalue weighted by atomic mass is 16.1. The third-order valence-corrected chi connectivity index (χ3v) is 5.44. The molecular weight excluding hydrogens is 314 g/mol. The summed E-state index contributed by atoms with van der Waals surface area (Å²) in [5, 5.41) is 9.71. The number of carbonyl (C=O) groups is 1. The molecule has 1 atom stereocenters. The Morgan fingerprint density at radius 1 is 1.08 bits per heavy atom. The van der Waals surface area contributed by atoms with Gasteiger partial charge in [-0.15, -0.1) is 0 Å². The highest BCUT2D eigenvalue weighted by molar-refractivity contribution is 5.81. The summed E-state index contributed by atoms with van der Waals surface area (Å²) in [6.07, 6.45) is 10.4. The smallest absolute Gasteiger partial charge is 0.221 e. The van der Waals surface area contributed by atoms with Crippen molar-refractivity contribution < 1.29 is 4.79 Å². The first kappa shape index (κ1) is 20.0. The van der Waals surface area contributed by atoms with Gasteiger partial charge >= 0.3 is 0 Å². The second-order valence-electron chi connectivity index (χ2n) is 7.46. The summed E-state index contributed by atoms with van der Waals surface area (Å²) in [7, 11) is 1.78. The second-order valence-corrected chi connectivity index (χ2v) is 7.46. The Morgan fingerprint density at radius 2 is 1.80 bits per heavy atom. The van der Waals surface area contributed by atoms with Gasteiger partial charge in [-0.1, -0.05) is 19.3 Å². The van der Waals surface area contributed by atoms with Crippen LogP contribution in [-0.4, -0.2) is 62.1 Å². The number of rotatable bonds is 8. The molecule has 1 amide bonds. The topological polar surface area (TPSA) is 68.8 Å². The molecule has 1 heterocycles. The van der Waals surface area contributed by atoms with Crippen molar-refractivity contribution in [3.63, 3.8) is 0 Å². The number of hydrogen-bond acceptors (Lipinski definition) is 3. The predicted octanol–water partition coefficient (Wildman–Crippen LogP) is 1.86. The number of guanidine groups is 1. The summed E-state index contributed by atoms with van der Waals surface area (Å²) in [4.78, 5) is 18.7. The van der Waals surface area contributed by atoms with E-state index < -0.39 is 0 Å². The number of piperidine rings is 1. The van der Waals surface area contributed by atoms with Crippen molar-refractivity contribution >= 4 is 11.9 Å². The van der Waals surface area contributed by atoms with Crippen LogP contribution in [-0.2, 0) is 4.79 Å². The zero-order chi connectivity index (χ0) is 17.9. The molecule has 2 rings (SSSR count). The number of likely N-dealkylation sites (tertiary alicyclic amines) is 1. The molecule has 6 heteroatoms. The van der Waals surface area contributed by atoms with E-state index in [1.165, 1.54) is 38.6 Å². The van der Waals surface area contributed by atoms with Gasteiger partial charge in [0.05, 0.1) is 0 Å². The number of amides is 1. The van der Waals surface area contributed by atoms with Crippen molar-refractivity contribution in [2.24, 2.45) is 4.99 Å². The molecule has 144 valence electrons. The van der Waals surface area contributed by atoms with Crippen molar-refractivity contribution in [2.75, 3.05) is 33.2 Å². The molecule has 1 aliphatic carbocycles. The van der Waals surface area contributed by atoms with Gasteiger partial charge in [0.1, 0.15) is 0 Å². The van der Waals surface area contributed by atoms with E-state index in [4.69, 9.17) is 0 Å². The van der Waals surface area contributed by atoms with Crippen LogP contribution < -0.4 is 16.0 Å². The molecule has 0 bridgehead atoms. The molecule has 3 N–H and O–H groups in total. The number of nitrogens with one attached hydrogen (secondary N) is 3. The molecule has 0 spiro atoms. The van der Waals surface area contributed by atoms with Gasteiger partial charge in [0.2, 0.25) is 5.91 Å². The molecule has 0 radical (unpaired) electrons. The molecule has 1 saturated carbocycles. The van der Waals surface area contributed by atoms with Gasteiger partial charge in [-0.05, 0) is 45.6 Å². The van der Waals surface area contributed by atoms with Crippen LogP contribution in [0.4, 0.5) is 0 Å². The minimum atomic E-state index is 0.147. The molecule has 0 aromatic heterocycles. The van der Waals surface area contributed by atoms with Crippen LogP contribution in [0.25, 0.3) is 0 Å². The standard InChI is InChI=1S/C19H37N5O/c1-16-8-5-6-14-24(16)15-7-12-21-19(20-2)22-13-11-18(25)23-17-9-3-4-10-17/h16-17H,3-15H2,1-2H3,(H,23,25)(H2,20,21,22). The first-order valence-corrected chi connectivity index (χ1v) is 10.2. The van der Waals surface area contributed by atoms with Crippen molar-refractivity contribution in [2.45, 2.75) is 76.8 Å². The van der Waals surface area contributed by atoms with Crippen LogP contribution in [0, 0.1) is 0 Å². The van der Waals surface area contributed by atoms with E-state index in [1.807, 2.05) is 0 Å². The highest BCUT2D eigenvalue weighted by Gasteiger charge is 2.18. The molecular formula is C19H37N5O. The Kier molecular flexibility index (Phi) is 9.08. The maximum absolute atomic E-state index is 11.9. The summed E-state index contributed by atoms with van der Waals surface area (Å²) in [5.74, 6) is 0.939. The van der Waals surface area contributed by atoms with E-state index >= 15 is 0 Å². The molecule has 25 heavy (non-hydrogen) atoms. The van der Waals surface area contributed by atoms with Crippen molar-refractivity contribution in [3.05, 3.63) is 0 Å². The van der Waals surface area contributed by atoms with Gasteiger partial charge in [-0.3, -0.25) is 9.79 Å². The van der Waals surface area contributed by atoms with E-state index in [2.05, 4.69) is 32.8 Å². The van der Waals surface area contributed by atoms with Crippen LogP contribution >= 0.6 is 0 Å². The summed E-state index contributed by atoms with van der Waals surface area (Å²) in [5.41, 5.74) is 0. The van der Waals surface area contributed by atoms with Crippen LogP contribution in [0.5, 0.6) is 0 Å². The SMILES string of the molecule is CN=C(NCCCN1CCCCC1C)NCCC(=O)NC1CCCC1. The van der Waals surface area contributed by atoms with Crippen LogP contribution in [0.2, 0.25) is 0 Å². The Labute approximate surface area is 153 Å². The lowest BCUT2D eigenvalue weighted by molar-refractivity contribution is -0.121. The van der Waals surface area contributed by atoms with E-state index in [9.17, 15) is 4.79 Å². The Balaban J connectivity index is 1.52. The fraction of sp³-hybridized carbons (Fsp3) is 0.895. The first-order chi connectivity index (χ1) is 12.2. The number of nitrogens with zero attached hydrogens (tertiary/aromatic N) is 2. The average molecular weight is 352 g/mol. The normalized spacial score (nSPS) is 22.8. The lowest BCUT2D eigenvalue weighted by atomic mass is 10.0. The van der Waals surface area contributed by atoms with E-state index in [0.29, 0.717) is 19.0 Å². The summed E-state index contributed by atoms with van der Waals surface area (Å²) in [6, 6.07) is 1.13. The molecule has 2 fully saturated rings. The average Bonchev–Trinajstić information content (AvgIpc) is 3.11. The number of hydrogen-bond donors (Lipinski definition) is 3. The molecule has 1 saturated heterocycles. The monoisotopic (exact) mass is 351 g/mol. The van der Waals surface area contributed by atoms with E-state index in [1.54, 1.807) is 7.05 Å². The molecule has 0 aromatic carbocycles. The molecule has 1 aliphatic heterocycles. The van der Waals surface area contributed by atoms with Crippen LogP contribution in [0.1, 0.15) is 64.7 Å². The zero-order valence-corrected chi connectivity index (χ0v) is 16.1. The molecule has 1 unspecified atom stereocenters. The zero-order valence-electron chi connectivity index (χ0n) is 16.1. The molecule has 6 nitrogen and oxygen atoms in total. The lowest BCUT2D eigenvalue weighted by Crippen LogP contribution is -2.42. The largest absolute Gasteiger partial charge is 0.356 e. The van der Waals surface area contributed by atoms with Gasteiger partial charge in [-0.2, -0.15) is 0 Å². The molecule has 0 aromatic rings. The van der Waals surface area contributed by atoms with Gasteiger partial charge in [0.25, 0.3) is 0 Å². The summed E-state index contributed by atoms with van der Waals surface area (Å²) >= 11 is 0. The summed E-state index contributed by atoms with van der Waals surface area (Å²) in [6.45, 7) is 6.27. The second kappa shape index (κ2) is 11.3. The maximum atomic E-state index is 11.9. The van der Waals surface area contributed by atoms with Crippen molar-refractivity contribution in [3.8, 4) is 0 Å². The van der Waals surface area contributed by atoms with Gasteiger partial charge < -0.3 is 20.9 Å². The van der Waals surface area contributed by atoms with Gasteiger partial charge in [0.15, 0.2) is 5.96 Å².